The molecule has 0 aliphatic carbocycles. The number of anilines is 1. The molecule has 5 heteroatoms. The van der Waals surface area contributed by atoms with Crippen LogP contribution in [-0.2, 0) is 0 Å². The van der Waals surface area contributed by atoms with Crippen molar-refractivity contribution in [2.24, 2.45) is 0 Å². The largest absolute Gasteiger partial charge is 0.481 e. The van der Waals surface area contributed by atoms with Crippen molar-refractivity contribution in [2.45, 2.75) is 6.42 Å². The van der Waals surface area contributed by atoms with Crippen LogP contribution in [0.4, 0.5) is 5.69 Å². The van der Waals surface area contributed by atoms with E-state index in [1.807, 2.05) is 24.4 Å². The van der Waals surface area contributed by atoms with Gasteiger partial charge in [0, 0.05) is 31.9 Å². The molecule has 3 rings (SSSR count). The summed E-state index contributed by atoms with van der Waals surface area (Å²) < 4.78 is 5.22. The normalized spacial score (nSPS) is 16.4. The molecule has 1 N–H and O–H groups in total. The maximum atomic E-state index is 5.22. The van der Waals surface area contributed by atoms with Crippen molar-refractivity contribution < 1.29 is 4.74 Å². The summed E-state index contributed by atoms with van der Waals surface area (Å²) in [7, 11) is 1.64. The summed E-state index contributed by atoms with van der Waals surface area (Å²) in [6, 6.07) is 5.85. The minimum Gasteiger partial charge on any atom is -0.481 e. The van der Waals surface area contributed by atoms with Crippen LogP contribution in [0.15, 0.2) is 24.4 Å². The van der Waals surface area contributed by atoms with Gasteiger partial charge in [0.1, 0.15) is 5.52 Å². The lowest BCUT2D eigenvalue weighted by atomic mass is 10.2. The number of methoxy groups -OCH3 is 1. The lowest BCUT2D eigenvalue weighted by molar-refractivity contribution is 0.399. The second-order valence-electron chi connectivity index (χ2n) is 4.64. The van der Waals surface area contributed by atoms with Crippen LogP contribution in [0.3, 0.4) is 0 Å². The number of hydrogen-bond acceptors (Lipinski definition) is 5. The summed E-state index contributed by atoms with van der Waals surface area (Å²) >= 11 is 0. The molecule has 0 bridgehead atoms. The van der Waals surface area contributed by atoms with E-state index in [9.17, 15) is 0 Å². The first-order chi connectivity index (χ1) is 9.38. The monoisotopic (exact) mass is 258 g/mol. The molecule has 1 aliphatic heterocycles. The Labute approximate surface area is 112 Å². The minimum absolute atomic E-state index is 0.634. The summed E-state index contributed by atoms with van der Waals surface area (Å²) in [5.41, 5.74) is 2.98. The van der Waals surface area contributed by atoms with Crippen LogP contribution >= 0.6 is 0 Å². The van der Waals surface area contributed by atoms with Crippen LogP contribution in [0, 0.1) is 0 Å². The third kappa shape index (κ3) is 2.46. The Balaban J connectivity index is 2.05. The van der Waals surface area contributed by atoms with Crippen LogP contribution in [0.1, 0.15) is 6.42 Å². The van der Waals surface area contributed by atoms with Crippen molar-refractivity contribution in [1.29, 1.82) is 0 Å². The van der Waals surface area contributed by atoms with E-state index < -0.39 is 0 Å². The van der Waals surface area contributed by atoms with Crippen LogP contribution in [0.2, 0.25) is 0 Å². The van der Waals surface area contributed by atoms with Crippen LogP contribution in [0.25, 0.3) is 11.0 Å². The Kier molecular flexibility index (Phi) is 3.46. The van der Waals surface area contributed by atoms with Crippen LogP contribution in [0.5, 0.6) is 5.88 Å². The van der Waals surface area contributed by atoms with E-state index >= 15 is 0 Å². The summed E-state index contributed by atoms with van der Waals surface area (Å²) in [6.45, 7) is 4.13. The number of fused-ring (bicyclic) bond motifs is 1. The topological polar surface area (TPSA) is 50.3 Å². The van der Waals surface area contributed by atoms with Gasteiger partial charge in [0.2, 0.25) is 5.88 Å². The molecule has 0 aromatic carbocycles. The summed E-state index contributed by atoms with van der Waals surface area (Å²) in [6.07, 6.45) is 3.00. The van der Waals surface area contributed by atoms with Crippen molar-refractivity contribution in [2.75, 3.05) is 38.2 Å². The summed E-state index contributed by atoms with van der Waals surface area (Å²) in [5.74, 6) is 0.634. The Morgan fingerprint density at radius 3 is 3.05 bits per heavy atom. The van der Waals surface area contributed by atoms with Gasteiger partial charge in [-0.05, 0) is 25.1 Å². The second-order valence-corrected chi connectivity index (χ2v) is 4.64. The molecule has 0 radical (unpaired) electrons. The Morgan fingerprint density at radius 2 is 2.16 bits per heavy atom. The molecule has 0 atom stereocenters. The molecule has 1 aliphatic rings. The smallest absolute Gasteiger partial charge is 0.213 e. The zero-order valence-corrected chi connectivity index (χ0v) is 11.1. The number of aromatic nitrogens is 2. The van der Waals surface area contributed by atoms with E-state index in [4.69, 9.17) is 4.74 Å². The fraction of sp³-hybridized carbons (Fsp3) is 0.429. The van der Waals surface area contributed by atoms with Crippen molar-refractivity contribution in [3.8, 4) is 5.88 Å². The molecule has 3 heterocycles. The second kappa shape index (κ2) is 5.40. The third-order valence-electron chi connectivity index (χ3n) is 3.43. The van der Waals surface area contributed by atoms with E-state index in [1.165, 1.54) is 0 Å². The number of pyridine rings is 2. The van der Waals surface area contributed by atoms with Crippen molar-refractivity contribution in [3.63, 3.8) is 0 Å². The molecule has 2 aromatic heterocycles. The zero-order valence-electron chi connectivity index (χ0n) is 11.1. The van der Waals surface area contributed by atoms with Gasteiger partial charge in [-0.25, -0.2) is 4.98 Å². The first-order valence-corrected chi connectivity index (χ1v) is 6.64. The molecule has 1 fully saturated rings. The van der Waals surface area contributed by atoms with E-state index in [2.05, 4.69) is 20.2 Å². The van der Waals surface area contributed by atoms with Gasteiger partial charge in [-0.1, -0.05) is 0 Å². The number of nitrogens with zero attached hydrogens (tertiary/aromatic N) is 3. The molecule has 0 unspecified atom stereocenters. The van der Waals surface area contributed by atoms with Gasteiger partial charge in [0.15, 0.2) is 0 Å². The van der Waals surface area contributed by atoms with E-state index in [0.29, 0.717) is 5.88 Å². The Bertz CT molecular complexity index is 564. The quantitative estimate of drug-likeness (QED) is 0.883. The lowest BCUT2D eigenvalue weighted by Crippen LogP contribution is -2.28. The molecule has 19 heavy (non-hydrogen) atoms. The Morgan fingerprint density at radius 1 is 1.21 bits per heavy atom. The van der Waals surface area contributed by atoms with Crippen molar-refractivity contribution >= 4 is 16.7 Å². The average Bonchev–Trinajstić information content (AvgIpc) is 2.75. The van der Waals surface area contributed by atoms with Crippen molar-refractivity contribution in [1.82, 2.24) is 15.3 Å². The standard InChI is InChI=1S/C14H18N4O/c1-19-13-4-3-11-14(17-13)12(5-7-16-11)18-9-2-6-15-8-10-18/h3-5,7,15H,2,6,8-10H2,1H3. The molecular weight excluding hydrogens is 240 g/mol. The van der Waals surface area contributed by atoms with Gasteiger partial charge in [0.25, 0.3) is 0 Å². The molecule has 1 saturated heterocycles. The predicted octanol–water partition coefficient (Wildman–Crippen LogP) is 1.44. The SMILES string of the molecule is COc1ccc2nccc(N3CCCNCC3)c2n1. The van der Waals surface area contributed by atoms with E-state index in [1.54, 1.807) is 7.11 Å². The van der Waals surface area contributed by atoms with Gasteiger partial charge in [0.05, 0.1) is 18.3 Å². The van der Waals surface area contributed by atoms with Gasteiger partial charge in [-0.15, -0.1) is 0 Å². The van der Waals surface area contributed by atoms with E-state index in [-0.39, 0.29) is 0 Å². The predicted molar refractivity (Wildman–Crippen MR) is 75.8 cm³/mol. The van der Waals surface area contributed by atoms with Gasteiger partial charge in [-0.2, -0.15) is 0 Å². The van der Waals surface area contributed by atoms with Crippen molar-refractivity contribution in [3.05, 3.63) is 24.4 Å². The number of rotatable bonds is 2. The number of ether oxygens (including phenoxy) is 1. The molecule has 0 saturated carbocycles. The Hall–Kier alpha value is -1.88. The fourth-order valence-electron chi connectivity index (χ4n) is 2.45. The number of hydrogen-bond donors (Lipinski definition) is 1. The highest BCUT2D eigenvalue weighted by Crippen LogP contribution is 2.25. The fourth-order valence-corrected chi connectivity index (χ4v) is 2.45. The molecule has 0 amide bonds. The summed E-state index contributed by atoms with van der Waals surface area (Å²) in [4.78, 5) is 11.3. The third-order valence-corrected chi connectivity index (χ3v) is 3.43. The molecule has 100 valence electrons. The molecule has 0 spiro atoms. The highest BCUT2D eigenvalue weighted by atomic mass is 16.5. The molecule has 2 aromatic rings. The minimum atomic E-state index is 0.634. The van der Waals surface area contributed by atoms with E-state index in [0.717, 1.165) is 49.3 Å². The maximum Gasteiger partial charge on any atom is 0.213 e. The summed E-state index contributed by atoms with van der Waals surface area (Å²) in [5, 5.41) is 3.42. The zero-order chi connectivity index (χ0) is 13.1. The highest BCUT2D eigenvalue weighted by molar-refractivity contribution is 5.88. The lowest BCUT2D eigenvalue weighted by Gasteiger charge is -2.23. The molecule has 5 nitrogen and oxygen atoms in total. The van der Waals surface area contributed by atoms with Crippen LogP contribution in [-0.4, -0.2) is 43.3 Å². The highest BCUT2D eigenvalue weighted by Gasteiger charge is 2.14. The number of nitrogens with one attached hydrogen (secondary N) is 1. The molecular formula is C14H18N4O. The van der Waals surface area contributed by atoms with Gasteiger partial charge >= 0.3 is 0 Å². The maximum absolute atomic E-state index is 5.22. The first kappa shape index (κ1) is 12.2. The van der Waals surface area contributed by atoms with Gasteiger partial charge < -0.3 is 15.0 Å². The first-order valence-electron chi connectivity index (χ1n) is 6.64. The van der Waals surface area contributed by atoms with Gasteiger partial charge in [-0.3, -0.25) is 4.98 Å². The average molecular weight is 258 g/mol. The van der Waals surface area contributed by atoms with Crippen LogP contribution < -0.4 is 15.0 Å².